The van der Waals surface area contributed by atoms with Crippen LogP contribution < -0.4 is 0 Å². The van der Waals surface area contributed by atoms with Crippen LogP contribution in [0.3, 0.4) is 0 Å². The molecule has 0 aliphatic rings. The van der Waals surface area contributed by atoms with E-state index in [1.54, 1.807) is 0 Å². The minimum absolute atomic E-state index is 0. The molecule has 4 heavy (non-hydrogen) atoms. The zero-order chi connectivity index (χ0) is 0. The predicted octanol–water partition coefficient (Wildman–Crippen LogP) is -0.719. The van der Waals surface area contributed by atoms with E-state index in [-0.39, 0.29) is 140 Å². The molecule has 0 amide bonds. The summed E-state index contributed by atoms with van der Waals surface area (Å²) in [6.45, 7) is 0. The number of halogens is 1. The number of rotatable bonds is 0. The molecule has 0 saturated heterocycles. The van der Waals surface area contributed by atoms with E-state index < -0.39 is 0 Å². The molecule has 0 aliphatic carbocycles. The van der Waals surface area contributed by atoms with Crippen molar-refractivity contribution in [3.05, 3.63) is 0 Å². The first-order chi connectivity index (χ1) is 0. The first kappa shape index (κ1) is 23.9. The summed E-state index contributed by atoms with van der Waals surface area (Å²) in [6.07, 6.45) is 0. The minimum atomic E-state index is 0. The second kappa shape index (κ2) is 15.7. The van der Waals surface area contributed by atoms with Gasteiger partial charge in [-0.05, 0) is 0 Å². The van der Waals surface area contributed by atoms with Crippen LogP contribution >= 0.6 is 17.0 Å². The summed E-state index contributed by atoms with van der Waals surface area (Å²) in [5.41, 5.74) is 0. The average Bonchev–Trinajstić information content (AvgIpc) is 0. The van der Waals surface area contributed by atoms with Gasteiger partial charge in [0.05, 0.1) is 0 Å². The molecule has 0 aromatic heterocycles. The Balaban J connectivity index is 0. The Kier molecular flexibility index (Phi) is 93.5. The number of hydrogen-bond donors (Lipinski definition) is 0. The van der Waals surface area contributed by atoms with Crippen LogP contribution in [-0.4, -0.2) is 87.8 Å². The number of hydrogen-bond acceptors (Lipinski definition) is 0. The standard InChI is InChI=1S/BrH.Cs.La.Li.2H/h1H;;;;;. The van der Waals surface area contributed by atoms with Crippen molar-refractivity contribution in [2.45, 2.75) is 0 Å². The monoisotopic (exact) mass is 361 g/mol. The Morgan fingerprint density at radius 1 is 1.00 bits per heavy atom. The van der Waals surface area contributed by atoms with E-state index >= 15 is 0 Å². The molecule has 0 spiro atoms. The summed E-state index contributed by atoms with van der Waals surface area (Å²) < 4.78 is 0. The van der Waals surface area contributed by atoms with Crippen LogP contribution in [0.2, 0.25) is 0 Å². The summed E-state index contributed by atoms with van der Waals surface area (Å²) in [5.74, 6) is 0. The van der Waals surface area contributed by atoms with Crippen molar-refractivity contribution in [3.63, 3.8) is 0 Å². The van der Waals surface area contributed by atoms with Crippen molar-refractivity contribution in [1.82, 2.24) is 0 Å². The molecule has 15 valence electrons. The molecule has 0 saturated carbocycles. The summed E-state index contributed by atoms with van der Waals surface area (Å²) in [5, 5.41) is 0. The van der Waals surface area contributed by atoms with Crippen molar-refractivity contribution in [3.8, 4) is 0 Å². The van der Waals surface area contributed by atoms with Gasteiger partial charge in [0.15, 0.2) is 0 Å². The normalized spacial score (nSPS) is 0. The molecular weight excluding hydrogens is 359 g/mol. The van der Waals surface area contributed by atoms with Crippen molar-refractivity contribution in [2.75, 3.05) is 0 Å². The predicted molar refractivity (Wildman–Crippen MR) is 24.6 cm³/mol. The molecule has 0 heterocycles. The van der Waals surface area contributed by atoms with E-state index in [1.165, 1.54) is 0 Å². The topological polar surface area (TPSA) is 0 Å². The maximum absolute atomic E-state index is 0. The van der Waals surface area contributed by atoms with Gasteiger partial charge in [0.1, 0.15) is 0 Å². The average molecular weight is 362 g/mol. The third-order valence-corrected chi connectivity index (χ3v) is 0. The molecule has 0 rings (SSSR count). The second-order valence-electron chi connectivity index (χ2n) is 0. The van der Waals surface area contributed by atoms with Gasteiger partial charge in [-0.25, -0.2) is 0 Å². The van der Waals surface area contributed by atoms with Gasteiger partial charge in [0.25, 0.3) is 0 Å². The van der Waals surface area contributed by atoms with Crippen LogP contribution in [0.4, 0.5) is 0 Å². The Bertz CT molecular complexity index is 8.00. The Hall–Kier alpha value is 4.32. The van der Waals surface area contributed by atoms with Crippen molar-refractivity contribution >= 4 is 105 Å². The fourth-order valence-corrected chi connectivity index (χ4v) is 0. The van der Waals surface area contributed by atoms with Gasteiger partial charge >= 0.3 is 87.8 Å². The van der Waals surface area contributed by atoms with Crippen LogP contribution in [-0.2, 0) is 0 Å². The fraction of sp³-hybridized carbons (Fsp3) is 0. The van der Waals surface area contributed by atoms with E-state index in [2.05, 4.69) is 0 Å². The molecule has 0 nitrogen and oxygen atoms in total. The Morgan fingerprint density at radius 2 is 1.00 bits per heavy atom. The van der Waals surface area contributed by atoms with Crippen LogP contribution in [0.15, 0.2) is 0 Å². The zero-order valence-corrected chi connectivity index (χ0v) is 6.32. The van der Waals surface area contributed by atoms with Crippen LogP contribution in [0.1, 0.15) is 0 Å². The molecule has 0 aliphatic heterocycles. The van der Waals surface area contributed by atoms with Crippen molar-refractivity contribution < 1.29 is 35.6 Å². The van der Waals surface area contributed by atoms with Crippen LogP contribution in [0.5, 0.6) is 0 Å². The van der Waals surface area contributed by atoms with Gasteiger partial charge in [-0.1, -0.05) is 0 Å². The van der Waals surface area contributed by atoms with Gasteiger partial charge in [0, 0.05) is 35.6 Å². The zero-order valence-electron chi connectivity index (χ0n) is 0.986. The first-order valence-corrected chi connectivity index (χ1v) is 0. The molecule has 0 aromatic rings. The third kappa shape index (κ3) is 9.59. The summed E-state index contributed by atoms with van der Waals surface area (Å²) in [7, 11) is 0. The van der Waals surface area contributed by atoms with Gasteiger partial charge < -0.3 is 0 Å². The molecule has 0 fully saturated rings. The summed E-state index contributed by atoms with van der Waals surface area (Å²) in [4.78, 5) is 0. The van der Waals surface area contributed by atoms with E-state index in [9.17, 15) is 0 Å². The van der Waals surface area contributed by atoms with Gasteiger partial charge in [-0.15, -0.1) is 17.0 Å². The van der Waals surface area contributed by atoms with Crippen LogP contribution in [0.25, 0.3) is 0 Å². The van der Waals surface area contributed by atoms with Crippen molar-refractivity contribution in [1.29, 1.82) is 0 Å². The van der Waals surface area contributed by atoms with Crippen LogP contribution in [0, 0.1) is 35.6 Å². The molecule has 1 radical (unpaired) electrons. The quantitative estimate of drug-likeness (QED) is 0.500. The summed E-state index contributed by atoms with van der Waals surface area (Å²) in [6, 6.07) is 0. The molecule has 0 unspecified atom stereocenters. The Labute approximate surface area is 136 Å². The van der Waals surface area contributed by atoms with E-state index in [1.807, 2.05) is 0 Å². The van der Waals surface area contributed by atoms with Gasteiger partial charge in [0.2, 0.25) is 0 Å². The fourth-order valence-electron chi connectivity index (χ4n) is 0. The molecule has 0 bridgehead atoms. The van der Waals surface area contributed by atoms with E-state index in [4.69, 9.17) is 0 Å². The van der Waals surface area contributed by atoms with E-state index in [0.717, 1.165) is 0 Å². The van der Waals surface area contributed by atoms with Gasteiger partial charge in [-0.2, -0.15) is 0 Å². The SMILES string of the molecule is Br.[CsH].[La].[LiH]. The molecule has 0 N–H and O–H groups in total. The first-order valence-electron chi connectivity index (χ1n) is 0. The third-order valence-electron chi connectivity index (χ3n) is 0. The second-order valence-corrected chi connectivity index (χ2v) is 0. The van der Waals surface area contributed by atoms with Crippen molar-refractivity contribution in [2.24, 2.45) is 0 Å². The van der Waals surface area contributed by atoms with E-state index in [0.29, 0.717) is 0 Å². The molecule has 0 aromatic carbocycles. The maximum atomic E-state index is 0. The Morgan fingerprint density at radius 3 is 1.00 bits per heavy atom. The molecule has 4 heteroatoms. The molecular formula is H3BrCsLaLi. The van der Waals surface area contributed by atoms with Gasteiger partial charge in [-0.3, -0.25) is 0 Å². The molecule has 0 atom stereocenters. The summed E-state index contributed by atoms with van der Waals surface area (Å²) >= 11 is 0.